The van der Waals surface area contributed by atoms with Gasteiger partial charge < -0.3 is 29.0 Å². The standard InChI is InChI=1S/C27H33NO7/c1-5-6-17-35-19-13-11-18(12-14-19)24(29)22-23(20-9-7-10-21(33-3)26(20)34-4)28(15-8-16-32-2)27(31)25(22)30/h7,9-14,23,29H,5-6,8,15-17H2,1-4H3/b24-22+. The molecule has 2 aromatic carbocycles. The van der Waals surface area contributed by atoms with Crippen LogP contribution in [-0.4, -0.2) is 62.8 Å². The number of carbonyl (C=O) groups is 2. The molecule has 35 heavy (non-hydrogen) atoms. The number of nitrogens with zero attached hydrogens (tertiary/aromatic N) is 1. The van der Waals surface area contributed by atoms with Gasteiger partial charge in [0.15, 0.2) is 11.5 Å². The summed E-state index contributed by atoms with van der Waals surface area (Å²) in [6.07, 6.45) is 2.49. The molecule has 8 nitrogen and oxygen atoms in total. The number of benzene rings is 2. The Labute approximate surface area is 206 Å². The van der Waals surface area contributed by atoms with Crippen molar-refractivity contribution in [3.63, 3.8) is 0 Å². The lowest BCUT2D eigenvalue weighted by molar-refractivity contribution is -0.140. The van der Waals surface area contributed by atoms with Crippen molar-refractivity contribution in [3.05, 3.63) is 59.2 Å². The van der Waals surface area contributed by atoms with Gasteiger partial charge in [0, 0.05) is 31.4 Å². The molecule has 188 valence electrons. The van der Waals surface area contributed by atoms with E-state index in [1.54, 1.807) is 49.6 Å². The van der Waals surface area contributed by atoms with Crippen LogP contribution in [0.15, 0.2) is 48.0 Å². The minimum Gasteiger partial charge on any atom is -0.507 e. The Kier molecular flexibility index (Phi) is 9.14. The van der Waals surface area contributed by atoms with E-state index in [0.717, 1.165) is 12.8 Å². The number of hydrogen-bond donors (Lipinski definition) is 1. The number of unbranched alkanes of at least 4 members (excludes halogenated alkanes) is 1. The quantitative estimate of drug-likeness (QED) is 0.208. The molecule has 1 fully saturated rings. The van der Waals surface area contributed by atoms with Gasteiger partial charge in [-0.25, -0.2) is 0 Å². The molecule has 1 aliphatic rings. The predicted octanol–water partition coefficient (Wildman–Crippen LogP) is 4.34. The van der Waals surface area contributed by atoms with Gasteiger partial charge in [0.25, 0.3) is 11.7 Å². The second-order valence-corrected chi connectivity index (χ2v) is 8.15. The van der Waals surface area contributed by atoms with E-state index in [0.29, 0.717) is 48.0 Å². The summed E-state index contributed by atoms with van der Waals surface area (Å²) in [6.45, 7) is 3.38. The van der Waals surface area contributed by atoms with Gasteiger partial charge in [0.05, 0.1) is 32.4 Å². The van der Waals surface area contributed by atoms with Crippen molar-refractivity contribution in [2.24, 2.45) is 0 Å². The maximum absolute atomic E-state index is 13.2. The number of aliphatic hydroxyl groups is 1. The van der Waals surface area contributed by atoms with Crippen LogP contribution < -0.4 is 14.2 Å². The largest absolute Gasteiger partial charge is 0.507 e. The van der Waals surface area contributed by atoms with Gasteiger partial charge in [-0.1, -0.05) is 25.5 Å². The minimum absolute atomic E-state index is 0.00128. The Morgan fingerprint density at radius 1 is 0.971 bits per heavy atom. The number of hydrogen-bond acceptors (Lipinski definition) is 7. The number of Topliss-reactive ketones (excluding diaryl/α,β-unsaturated/α-hetero) is 1. The summed E-state index contributed by atoms with van der Waals surface area (Å²) in [5, 5.41) is 11.3. The third kappa shape index (κ3) is 5.59. The first-order chi connectivity index (χ1) is 17.0. The third-order valence-corrected chi connectivity index (χ3v) is 5.91. The Hall–Kier alpha value is -3.52. The normalized spacial score (nSPS) is 17.0. The Bertz CT molecular complexity index is 1060. The van der Waals surface area contributed by atoms with Crippen molar-refractivity contribution in [1.82, 2.24) is 4.90 Å². The van der Waals surface area contributed by atoms with Gasteiger partial charge in [-0.15, -0.1) is 0 Å². The molecule has 0 aromatic heterocycles. The molecule has 8 heteroatoms. The lowest BCUT2D eigenvalue weighted by atomic mass is 9.94. The molecular formula is C27H33NO7. The molecule has 1 atom stereocenters. The number of rotatable bonds is 12. The molecule has 2 aromatic rings. The average Bonchev–Trinajstić information content (AvgIpc) is 3.13. The highest BCUT2D eigenvalue weighted by Gasteiger charge is 2.47. The molecule has 0 spiro atoms. The maximum atomic E-state index is 13.2. The van der Waals surface area contributed by atoms with Gasteiger partial charge in [-0.3, -0.25) is 9.59 Å². The summed E-state index contributed by atoms with van der Waals surface area (Å²) in [5.41, 5.74) is 0.956. The maximum Gasteiger partial charge on any atom is 0.295 e. The zero-order chi connectivity index (χ0) is 25.4. The summed E-state index contributed by atoms with van der Waals surface area (Å²) in [7, 11) is 4.59. The fourth-order valence-corrected chi connectivity index (χ4v) is 4.14. The Balaban J connectivity index is 2.09. The highest BCUT2D eigenvalue weighted by atomic mass is 16.5. The predicted molar refractivity (Wildman–Crippen MR) is 132 cm³/mol. The van der Waals surface area contributed by atoms with Crippen LogP contribution in [0.2, 0.25) is 0 Å². The van der Waals surface area contributed by atoms with Crippen LogP contribution in [0.3, 0.4) is 0 Å². The number of carbonyl (C=O) groups excluding carboxylic acids is 2. The first kappa shape index (κ1) is 26.1. The molecule has 1 saturated heterocycles. The Morgan fingerprint density at radius 3 is 2.34 bits per heavy atom. The topological polar surface area (TPSA) is 94.5 Å². The molecule has 0 saturated carbocycles. The van der Waals surface area contributed by atoms with Crippen LogP contribution in [0.1, 0.15) is 43.4 Å². The summed E-state index contributed by atoms with van der Waals surface area (Å²) in [6, 6.07) is 11.2. The average molecular weight is 484 g/mol. The van der Waals surface area contributed by atoms with Gasteiger partial charge in [-0.05, 0) is 43.2 Å². The monoisotopic (exact) mass is 483 g/mol. The fourth-order valence-electron chi connectivity index (χ4n) is 4.14. The van der Waals surface area contributed by atoms with Crippen LogP contribution in [0.25, 0.3) is 5.76 Å². The van der Waals surface area contributed by atoms with E-state index in [1.807, 2.05) is 0 Å². The third-order valence-electron chi connectivity index (χ3n) is 5.91. The van der Waals surface area contributed by atoms with Crippen molar-refractivity contribution >= 4 is 17.4 Å². The van der Waals surface area contributed by atoms with Crippen LogP contribution in [-0.2, 0) is 14.3 Å². The van der Waals surface area contributed by atoms with Crippen LogP contribution in [0.5, 0.6) is 17.2 Å². The molecule has 1 heterocycles. The SMILES string of the molecule is CCCCOc1ccc(/C(O)=C2\C(=O)C(=O)N(CCCOC)C2c2cccc(OC)c2OC)cc1. The van der Waals surface area contributed by atoms with Crippen LogP contribution >= 0.6 is 0 Å². The second kappa shape index (κ2) is 12.3. The summed E-state index contributed by atoms with van der Waals surface area (Å²) in [4.78, 5) is 27.7. The van der Waals surface area contributed by atoms with Gasteiger partial charge in [-0.2, -0.15) is 0 Å². The summed E-state index contributed by atoms with van der Waals surface area (Å²) < 4.78 is 21.9. The summed E-state index contributed by atoms with van der Waals surface area (Å²) in [5.74, 6) is -0.172. The van der Waals surface area contributed by atoms with Gasteiger partial charge in [0.1, 0.15) is 11.5 Å². The number of ketones is 1. The zero-order valence-electron chi connectivity index (χ0n) is 20.7. The second-order valence-electron chi connectivity index (χ2n) is 8.15. The lowest BCUT2D eigenvalue weighted by Crippen LogP contribution is -2.31. The smallest absolute Gasteiger partial charge is 0.295 e. The highest BCUT2D eigenvalue weighted by molar-refractivity contribution is 6.46. The molecule has 1 unspecified atom stereocenters. The van der Waals surface area contributed by atoms with Crippen molar-refractivity contribution in [2.45, 2.75) is 32.2 Å². The van der Waals surface area contributed by atoms with Gasteiger partial charge in [0.2, 0.25) is 0 Å². The molecule has 0 radical (unpaired) electrons. The number of likely N-dealkylation sites (tertiary alicyclic amines) is 1. The van der Waals surface area contributed by atoms with E-state index in [1.165, 1.54) is 19.1 Å². The van der Waals surface area contributed by atoms with E-state index in [-0.39, 0.29) is 17.9 Å². The molecule has 1 aliphatic heterocycles. The van der Waals surface area contributed by atoms with Gasteiger partial charge >= 0.3 is 0 Å². The fraction of sp³-hybridized carbons (Fsp3) is 0.407. The highest BCUT2D eigenvalue weighted by Crippen LogP contribution is 2.45. The van der Waals surface area contributed by atoms with Crippen molar-refractivity contribution in [1.29, 1.82) is 0 Å². The molecule has 0 bridgehead atoms. The van der Waals surface area contributed by atoms with Crippen molar-refractivity contribution in [3.8, 4) is 17.2 Å². The molecular weight excluding hydrogens is 450 g/mol. The van der Waals surface area contributed by atoms with Crippen molar-refractivity contribution in [2.75, 3.05) is 41.1 Å². The van der Waals surface area contributed by atoms with E-state index in [4.69, 9.17) is 18.9 Å². The molecule has 1 amide bonds. The minimum atomic E-state index is -0.850. The van der Waals surface area contributed by atoms with Crippen LogP contribution in [0, 0.1) is 0 Å². The lowest BCUT2D eigenvalue weighted by Gasteiger charge is -2.27. The number of methoxy groups -OCH3 is 3. The number of amides is 1. The Morgan fingerprint density at radius 2 is 1.71 bits per heavy atom. The van der Waals surface area contributed by atoms with Crippen molar-refractivity contribution < 1.29 is 33.6 Å². The number of aliphatic hydroxyl groups excluding tert-OH is 1. The van der Waals surface area contributed by atoms with E-state index in [9.17, 15) is 14.7 Å². The number of para-hydroxylation sites is 1. The molecule has 0 aliphatic carbocycles. The summed E-state index contributed by atoms with van der Waals surface area (Å²) >= 11 is 0. The number of ether oxygens (including phenoxy) is 4. The molecule has 1 N–H and O–H groups in total. The first-order valence-electron chi connectivity index (χ1n) is 11.7. The zero-order valence-corrected chi connectivity index (χ0v) is 20.7. The first-order valence-corrected chi connectivity index (χ1v) is 11.7. The van der Waals surface area contributed by atoms with E-state index < -0.39 is 17.7 Å². The van der Waals surface area contributed by atoms with E-state index in [2.05, 4.69) is 6.92 Å². The van der Waals surface area contributed by atoms with E-state index >= 15 is 0 Å². The molecule has 3 rings (SSSR count). The van der Waals surface area contributed by atoms with Crippen LogP contribution in [0.4, 0.5) is 0 Å².